The second kappa shape index (κ2) is 7.44. The van der Waals surface area contributed by atoms with Gasteiger partial charge in [-0.2, -0.15) is 4.67 Å². The Morgan fingerprint density at radius 3 is 2.52 bits per heavy atom. The fourth-order valence-electron chi connectivity index (χ4n) is 4.72. The number of fused-ring (bicyclic) bond motifs is 3. The third kappa shape index (κ3) is 3.01. The van der Waals surface area contributed by atoms with Crippen LogP contribution in [0.4, 0.5) is 0 Å². The van der Waals surface area contributed by atoms with Crippen molar-refractivity contribution >= 4 is 7.87 Å². The lowest BCUT2D eigenvalue weighted by atomic mass is 9.93. The number of rotatable bonds is 4. The van der Waals surface area contributed by atoms with Crippen LogP contribution in [0.25, 0.3) is 0 Å². The van der Waals surface area contributed by atoms with Crippen molar-refractivity contribution in [2.24, 2.45) is 0 Å². The van der Waals surface area contributed by atoms with Gasteiger partial charge < -0.3 is 19.1 Å². The summed E-state index contributed by atoms with van der Waals surface area (Å²) < 4.78 is 25.5. The van der Waals surface area contributed by atoms with Gasteiger partial charge in [-0.3, -0.25) is 0 Å². The van der Waals surface area contributed by atoms with E-state index in [9.17, 15) is 4.89 Å². The maximum absolute atomic E-state index is 14.0. The van der Waals surface area contributed by atoms with Crippen molar-refractivity contribution < 1.29 is 23.6 Å². The summed E-state index contributed by atoms with van der Waals surface area (Å²) in [5.41, 5.74) is 1.76. The van der Waals surface area contributed by atoms with Crippen LogP contribution >= 0.6 is 7.87 Å². The number of nitrogens with zero attached hydrogens (tertiary/aromatic N) is 1. The summed E-state index contributed by atoms with van der Waals surface area (Å²) >= 11 is 0. The van der Waals surface area contributed by atoms with E-state index in [2.05, 4.69) is 4.67 Å². The Balaban J connectivity index is 1.53. The van der Waals surface area contributed by atoms with Crippen LogP contribution in [0.1, 0.15) is 42.2 Å². The Hall–Kier alpha value is -1.85. The highest BCUT2D eigenvalue weighted by atomic mass is 31.2. The summed E-state index contributed by atoms with van der Waals surface area (Å²) in [5.74, 6) is 2.09. The number of hydrogen-bond donors (Lipinski definition) is 0. The van der Waals surface area contributed by atoms with Gasteiger partial charge in [0.2, 0.25) is 0 Å². The largest absolute Gasteiger partial charge is 0.640 e. The van der Waals surface area contributed by atoms with E-state index in [0.717, 1.165) is 42.8 Å². The van der Waals surface area contributed by atoms with Crippen LogP contribution in [0.2, 0.25) is 0 Å². The normalized spacial score (nSPS) is 31.1. The molecule has 154 valence electrons. The number of piperidine rings is 1. The van der Waals surface area contributed by atoms with Crippen LogP contribution in [0.5, 0.6) is 17.2 Å². The summed E-state index contributed by atoms with van der Waals surface area (Å²) in [5, 5.41) is 0. The Bertz CT molecular complexity index is 903. The maximum atomic E-state index is 14.0. The van der Waals surface area contributed by atoms with E-state index in [1.807, 2.05) is 42.5 Å². The average molecular weight is 415 g/mol. The van der Waals surface area contributed by atoms with E-state index < -0.39 is 7.87 Å². The van der Waals surface area contributed by atoms with E-state index in [0.29, 0.717) is 11.5 Å². The molecule has 3 aliphatic rings. The third-order valence-corrected chi connectivity index (χ3v) is 9.20. The molecule has 7 heteroatoms. The Labute approximate surface area is 171 Å². The standard InChI is InChI=1S/C22H26NO5P/c1-25-18-11-10-15(14-19(18)26-2)20-21-22(16-8-4-5-9-17(16)27-20)29(24,28-21)23-12-6-3-7-13-23/h4-5,8-11,14,20-22H,3,6-7,12-13H2,1-2H3. The Morgan fingerprint density at radius 1 is 1.00 bits per heavy atom. The second-order valence-electron chi connectivity index (χ2n) is 7.78. The molecule has 5 rings (SSSR count). The molecule has 3 aliphatic heterocycles. The zero-order valence-corrected chi connectivity index (χ0v) is 17.6. The monoisotopic (exact) mass is 415 g/mol. The van der Waals surface area contributed by atoms with Crippen LogP contribution in [0.15, 0.2) is 42.5 Å². The van der Waals surface area contributed by atoms with E-state index in [-0.39, 0.29) is 17.9 Å². The molecule has 0 aliphatic carbocycles. The highest BCUT2D eigenvalue weighted by molar-refractivity contribution is 7.63. The molecule has 0 amide bonds. The molecule has 3 heterocycles. The topological polar surface area (TPSA) is 63.2 Å². The van der Waals surface area contributed by atoms with Crippen molar-refractivity contribution in [3.05, 3.63) is 53.6 Å². The molecule has 0 radical (unpaired) electrons. The van der Waals surface area contributed by atoms with Crippen molar-refractivity contribution in [2.75, 3.05) is 27.3 Å². The number of benzene rings is 2. The van der Waals surface area contributed by atoms with Gasteiger partial charge >= 0.3 is 0 Å². The minimum atomic E-state index is -2.93. The first-order valence-corrected chi connectivity index (χ1v) is 11.8. The molecule has 4 atom stereocenters. The lowest BCUT2D eigenvalue weighted by Crippen LogP contribution is -2.55. The van der Waals surface area contributed by atoms with Gasteiger partial charge in [0.05, 0.1) is 14.2 Å². The van der Waals surface area contributed by atoms with Gasteiger partial charge in [-0.1, -0.05) is 30.7 Å². The highest BCUT2D eigenvalue weighted by Gasteiger charge is 2.67. The number of ether oxygens (including phenoxy) is 3. The molecule has 4 unspecified atom stereocenters. The summed E-state index contributed by atoms with van der Waals surface area (Å²) in [6, 6.07) is 13.7. The van der Waals surface area contributed by atoms with E-state index in [1.165, 1.54) is 6.42 Å². The summed E-state index contributed by atoms with van der Waals surface area (Å²) in [7, 11) is 0.306. The zero-order chi connectivity index (χ0) is 20.0. The van der Waals surface area contributed by atoms with Crippen LogP contribution in [0.3, 0.4) is 0 Å². The predicted molar refractivity (Wildman–Crippen MR) is 109 cm³/mol. The number of hydrogen-bond acceptors (Lipinski definition) is 6. The summed E-state index contributed by atoms with van der Waals surface area (Å²) in [4.78, 5) is 14.0. The van der Waals surface area contributed by atoms with E-state index >= 15 is 0 Å². The first-order valence-electron chi connectivity index (χ1n) is 10.2. The average Bonchev–Trinajstić information content (AvgIpc) is 2.77. The van der Waals surface area contributed by atoms with Crippen molar-refractivity contribution in [3.8, 4) is 17.2 Å². The van der Waals surface area contributed by atoms with Gasteiger partial charge in [0, 0.05) is 18.7 Å². The quantitative estimate of drug-likeness (QED) is 0.706. The SMILES string of the molecule is COc1ccc(C2Oc3ccccc3C3C2O[P+]3([O-])N2CCCCC2)cc1OC. The Kier molecular flexibility index (Phi) is 4.91. The highest BCUT2D eigenvalue weighted by Crippen LogP contribution is 2.80. The smallest absolute Gasteiger partial charge is 0.188 e. The third-order valence-electron chi connectivity index (χ3n) is 6.19. The van der Waals surface area contributed by atoms with Gasteiger partial charge in [-0.15, -0.1) is 0 Å². The molecule has 6 nitrogen and oxygen atoms in total. The molecule has 0 N–H and O–H groups in total. The van der Waals surface area contributed by atoms with E-state index in [4.69, 9.17) is 18.7 Å². The van der Waals surface area contributed by atoms with Crippen LogP contribution in [-0.2, 0) is 4.52 Å². The molecule has 2 saturated heterocycles. The maximum Gasteiger partial charge on any atom is 0.188 e. The minimum absolute atomic E-state index is 0.163. The minimum Gasteiger partial charge on any atom is -0.640 e. The van der Waals surface area contributed by atoms with Gasteiger partial charge in [0.1, 0.15) is 5.75 Å². The number of methoxy groups -OCH3 is 2. The van der Waals surface area contributed by atoms with Crippen molar-refractivity contribution in [1.82, 2.24) is 4.67 Å². The Morgan fingerprint density at radius 2 is 1.76 bits per heavy atom. The lowest BCUT2D eigenvalue weighted by molar-refractivity contribution is -0.242. The van der Waals surface area contributed by atoms with Crippen molar-refractivity contribution in [3.63, 3.8) is 0 Å². The van der Waals surface area contributed by atoms with Crippen LogP contribution < -0.4 is 19.1 Å². The first kappa shape index (κ1) is 19.1. The van der Waals surface area contributed by atoms with Crippen LogP contribution in [0, 0.1) is 0 Å². The molecule has 2 aromatic carbocycles. The fourth-order valence-corrected chi connectivity index (χ4v) is 7.72. The zero-order valence-electron chi connectivity index (χ0n) is 16.7. The molecule has 0 aromatic heterocycles. The molecule has 0 bridgehead atoms. The fraction of sp³-hybridized carbons (Fsp3) is 0.455. The molecular formula is C22H26NO5P. The van der Waals surface area contributed by atoms with Crippen molar-refractivity contribution in [2.45, 2.75) is 37.1 Å². The molecule has 0 saturated carbocycles. The first-order chi connectivity index (χ1) is 14.2. The molecule has 2 aromatic rings. The second-order valence-corrected chi connectivity index (χ2v) is 10.2. The molecule has 2 fully saturated rings. The van der Waals surface area contributed by atoms with Gasteiger partial charge in [-0.05, 0) is 36.6 Å². The molecular weight excluding hydrogens is 389 g/mol. The lowest BCUT2D eigenvalue weighted by Gasteiger charge is -2.57. The molecule has 29 heavy (non-hydrogen) atoms. The molecule has 0 spiro atoms. The summed E-state index contributed by atoms with van der Waals surface area (Å²) in [6.45, 7) is 1.68. The van der Waals surface area contributed by atoms with E-state index in [1.54, 1.807) is 14.2 Å². The number of para-hydroxylation sites is 1. The summed E-state index contributed by atoms with van der Waals surface area (Å²) in [6.07, 6.45) is 2.71. The predicted octanol–water partition coefficient (Wildman–Crippen LogP) is 3.89. The van der Waals surface area contributed by atoms with Gasteiger partial charge in [-0.25, -0.2) is 4.52 Å². The van der Waals surface area contributed by atoms with Gasteiger partial charge in [0.25, 0.3) is 0 Å². The van der Waals surface area contributed by atoms with Crippen LogP contribution in [-0.4, -0.2) is 38.1 Å². The van der Waals surface area contributed by atoms with Gasteiger partial charge in [0.15, 0.2) is 37.2 Å². The van der Waals surface area contributed by atoms with Crippen molar-refractivity contribution in [1.29, 1.82) is 0 Å².